The van der Waals surface area contributed by atoms with Gasteiger partial charge in [-0.15, -0.1) is 10.2 Å². The number of nitriles is 1. The van der Waals surface area contributed by atoms with E-state index in [1.54, 1.807) is 24.3 Å². The fourth-order valence-corrected chi connectivity index (χ4v) is 2.80. The Kier molecular flexibility index (Phi) is 5.01. The van der Waals surface area contributed by atoms with E-state index in [-0.39, 0.29) is 5.91 Å². The number of aromatic nitrogens is 2. The van der Waals surface area contributed by atoms with Gasteiger partial charge in [0.15, 0.2) is 5.92 Å². The van der Waals surface area contributed by atoms with Gasteiger partial charge >= 0.3 is 0 Å². The Morgan fingerprint density at radius 2 is 2.05 bits per heavy atom. The number of carbonyl (C=O) groups excluding carboxylic acids is 1. The smallest absolute Gasteiger partial charge is 0.248 e. The molecule has 21 heavy (non-hydrogen) atoms. The van der Waals surface area contributed by atoms with Crippen LogP contribution in [0.25, 0.3) is 0 Å². The topological polar surface area (TPSA) is 78.7 Å². The quantitative estimate of drug-likeness (QED) is 0.920. The van der Waals surface area contributed by atoms with Crippen molar-refractivity contribution in [3.05, 3.63) is 40.9 Å². The highest BCUT2D eigenvalue weighted by Gasteiger charge is 2.21. The van der Waals surface area contributed by atoms with Crippen molar-refractivity contribution in [2.75, 3.05) is 5.32 Å². The molecular weight excluding hydrogens is 284 g/mol. The summed E-state index contributed by atoms with van der Waals surface area (Å²) >= 11 is 1.35. The van der Waals surface area contributed by atoms with Crippen LogP contribution in [0.3, 0.4) is 0 Å². The molecule has 6 heteroatoms. The molecule has 2 aromatic rings. The van der Waals surface area contributed by atoms with Gasteiger partial charge in [0.05, 0.1) is 6.07 Å². The highest BCUT2D eigenvalue weighted by molar-refractivity contribution is 7.15. The second kappa shape index (κ2) is 6.95. The summed E-state index contributed by atoms with van der Waals surface area (Å²) in [4.78, 5) is 12.2. The Morgan fingerprint density at radius 3 is 2.67 bits per heavy atom. The van der Waals surface area contributed by atoms with Gasteiger partial charge in [0.1, 0.15) is 5.01 Å². The molecule has 2 rings (SSSR count). The van der Waals surface area contributed by atoms with Crippen molar-refractivity contribution in [2.45, 2.75) is 26.2 Å². The molecule has 0 fully saturated rings. The monoisotopic (exact) mass is 300 g/mol. The van der Waals surface area contributed by atoms with Gasteiger partial charge in [-0.2, -0.15) is 5.26 Å². The van der Waals surface area contributed by atoms with Gasteiger partial charge in [0.25, 0.3) is 0 Å². The summed E-state index contributed by atoms with van der Waals surface area (Å²) in [5, 5.41) is 21.2. The van der Waals surface area contributed by atoms with Crippen molar-refractivity contribution >= 4 is 22.4 Å². The summed E-state index contributed by atoms with van der Waals surface area (Å²) in [6.07, 6.45) is 0.827. The van der Waals surface area contributed by atoms with Crippen LogP contribution in [0.1, 0.15) is 30.3 Å². The van der Waals surface area contributed by atoms with Crippen molar-refractivity contribution in [3.63, 3.8) is 0 Å². The average Bonchev–Trinajstić information content (AvgIpc) is 2.87. The second-order valence-corrected chi connectivity index (χ2v) is 6.12. The van der Waals surface area contributed by atoms with Gasteiger partial charge in [0, 0.05) is 6.42 Å². The van der Waals surface area contributed by atoms with E-state index >= 15 is 0 Å². The molecule has 1 aromatic heterocycles. The number of hydrogen-bond donors (Lipinski definition) is 1. The molecule has 5 nitrogen and oxygen atoms in total. The van der Waals surface area contributed by atoms with Crippen LogP contribution in [0.15, 0.2) is 30.3 Å². The number of nitrogens with one attached hydrogen (secondary N) is 1. The zero-order chi connectivity index (χ0) is 15.2. The van der Waals surface area contributed by atoms with E-state index in [4.69, 9.17) is 0 Å². The lowest BCUT2D eigenvalue weighted by Crippen LogP contribution is -2.19. The normalized spacial score (nSPS) is 11.9. The molecule has 1 aromatic carbocycles. The Morgan fingerprint density at radius 1 is 1.33 bits per heavy atom. The highest BCUT2D eigenvalue weighted by Crippen LogP contribution is 2.21. The number of hydrogen-bond acceptors (Lipinski definition) is 5. The largest absolute Gasteiger partial charge is 0.299 e. The molecule has 0 aliphatic heterocycles. The van der Waals surface area contributed by atoms with E-state index in [0.29, 0.717) is 16.6 Å². The van der Waals surface area contributed by atoms with Crippen LogP contribution in [-0.4, -0.2) is 16.1 Å². The maximum atomic E-state index is 12.2. The minimum atomic E-state index is -0.844. The van der Waals surface area contributed by atoms with Crippen LogP contribution in [0.4, 0.5) is 5.13 Å². The van der Waals surface area contributed by atoms with Gasteiger partial charge in [-0.1, -0.05) is 55.5 Å². The molecule has 0 aliphatic carbocycles. The van der Waals surface area contributed by atoms with Crippen LogP contribution in [-0.2, 0) is 11.2 Å². The maximum absolute atomic E-state index is 12.2. The third-order valence-corrected chi connectivity index (χ3v) is 3.67. The number of amides is 1. The molecule has 0 radical (unpaired) electrons. The van der Waals surface area contributed by atoms with Gasteiger partial charge in [-0.05, 0) is 11.5 Å². The van der Waals surface area contributed by atoms with E-state index in [9.17, 15) is 10.1 Å². The maximum Gasteiger partial charge on any atom is 0.248 e. The Hall–Kier alpha value is -2.26. The minimum Gasteiger partial charge on any atom is -0.299 e. The third kappa shape index (κ3) is 4.10. The summed E-state index contributed by atoms with van der Waals surface area (Å²) < 4.78 is 0. The van der Waals surface area contributed by atoms with Crippen LogP contribution >= 0.6 is 11.3 Å². The lowest BCUT2D eigenvalue weighted by atomic mass is 10.0. The van der Waals surface area contributed by atoms with Crippen molar-refractivity contribution in [1.82, 2.24) is 10.2 Å². The summed E-state index contributed by atoms with van der Waals surface area (Å²) in [5.41, 5.74) is 0.671. The summed E-state index contributed by atoms with van der Waals surface area (Å²) in [6.45, 7) is 4.20. The van der Waals surface area contributed by atoms with Crippen molar-refractivity contribution in [3.8, 4) is 6.07 Å². The van der Waals surface area contributed by atoms with E-state index in [1.165, 1.54) is 11.3 Å². The third-order valence-electron chi connectivity index (χ3n) is 2.80. The summed E-state index contributed by atoms with van der Waals surface area (Å²) in [7, 11) is 0. The van der Waals surface area contributed by atoms with Crippen LogP contribution in [0.5, 0.6) is 0 Å². The fraction of sp³-hybridized carbons (Fsp3) is 0.333. The van der Waals surface area contributed by atoms with Gasteiger partial charge in [-0.3, -0.25) is 10.1 Å². The van der Waals surface area contributed by atoms with E-state index in [1.807, 2.05) is 12.1 Å². The Labute approximate surface area is 127 Å². The zero-order valence-corrected chi connectivity index (χ0v) is 12.7. The van der Waals surface area contributed by atoms with E-state index in [2.05, 4.69) is 29.4 Å². The number of carbonyl (C=O) groups is 1. The first-order valence-corrected chi connectivity index (χ1v) is 7.49. The number of anilines is 1. The summed E-state index contributed by atoms with van der Waals surface area (Å²) in [5.74, 6) is -0.739. The van der Waals surface area contributed by atoms with Crippen LogP contribution in [0, 0.1) is 17.2 Å². The van der Waals surface area contributed by atoms with Crippen molar-refractivity contribution in [1.29, 1.82) is 5.26 Å². The zero-order valence-electron chi connectivity index (χ0n) is 11.9. The minimum absolute atomic E-state index is 0.379. The number of rotatable bonds is 5. The molecule has 1 unspecified atom stereocenters. The number of benzene rings is 1. The van der Waals surface area contributed by atoms with Gasteiger partial charge in [0.2, 0.25) is 11.0 Å². The Balaban J connectivity index is 2.06. The molecule has 1 atom stereocenters. The number of nitrogens with zero attached hydrogens (tertiary/aromatic N) is 3. The molecule has 0 bridgehead atoms. The molecule has 0 saturated heterocycles. The van der Waals surface area contributed by atoms with Crippen LogP contribution in [0.2, 0.25) is 0 Å². The molecule has 1 amide bonds. The summed E-state index contributed by atoms with van der Waals surface area (Å²) in [6, 6.07) is 11.0. The first-order chi connectivity index (χ1) is 10.1. The molecule has 0 aliphatic rings. The molecule has 0 spiro atoms. The lowest BCUT2D eigenvalue weighted by molar-refractivity contribution is -0.116. The van der Waals surface area contributed by atoms with Gasteiger partial charge in [-0.25, -0.2) is 0 Å². The first kappa shape index (κ1) is 15.1. The van der Waals surface area contributed by atoms with Crippen LogP contribution < -0.4 is 5.32 Å². The van der Waals surface area contributed by atoms with E-state index in [0.717, 1.165) is 11.4 Å². The van der Waals surface area contributed by atoms with Gasteiger partial charge < -0.3 is 0 Å². The molecule has 1 heterocycles. The van der Waals surface area contributed by atoms with Crippen molar-refractivity contribution in [2.24, 2.45) is 5.92 Å². The van der Waals surface area contributed by atoms with Crippen molar-refractivity contribution < 1.29 is 4.79 Å². The fourth-order valence-electron chi connectivity index (χ4n) is 1.84. The molecule has 108 valence electrons. The van der Waals surface area contributed by atoms with E-state index < -0.39 is 5.92 Å². The highest BCUT2D eigenvalue weighted by atomic mass is 32.1. The SMILES string of the molecule is CC(C)Cc1nnc(NC(=O)C(C#N)c2ccccc2)s1. The first-order valence-electron chi connectivity index (χ1n) is 6.68. The Bertz CT molecular complexity index is 645. The molecular formula is C15H16N4OS. The average molecular weight is 300 g/mol. The predicted octanol–water partition coefficient (Wildman–Crippen LogP) is 2.98. The predicted molar refractivity (Wildman–Crippen MR) is 81.9 cm³/mol. The molecule has 1 N–H and O–H groups in total. The lowest BCUT2D eigenvalue weighted by Gasteiger charge is -2.07. The standard InChI is InChI=1S/C15H16N4OS/c1-10(2)8-13-18-19-15(21-13)17-14(20)12(9-16)11-6-4-3-5-7-11/h3-7,10,12H,8H2,1-2H3,(H,17,19,20). The molecule has 0 saturated carbocycles. The second-order valence-electron chi connectivity index (χ2n) is 5.06.